The first kappa shape index (κ1) is 20.5. The molecule has 0 unspecified atom stereocenters. The summed E-state index contributed by atoms with van der Waals surface area (Å²) < 4.78 is 4.13. The molecule has 6 rings (SSSR count). The van der Waals surface area contributed by atoms with Gasteiger partial charge < -0.3 is 14.4 Å². The van der Waals surface area contributed by atoms with E-state index in [4.69, 9.17) is 11.6 Å². The van der Waals surface area contributed by atoms with Crippen LogP contribution >= 0.6 is 11.6 Å². The van der Waals surface area contributed by atoms with E-state index in [2.05, 4.69) is 37.6 Å². The van der Waals surface area contributed by atoms with Gasteiger partial charge in [0.2, 0.25) is 0 Å². The molecule has 4 aromatic rings. The third-order valence-corrected chi connectivity index (χ3v) is 7.12. The maximum atomic E-state index is 13.4. The number of carbonyl (C=O) groups excluding carboxylic acids is 1. The molecule has 2 aromatic carbocycles. The fourth-order valence-corrected chi connectivity index (χ4v) is 5.14. The quantitative estimate of drug-likeness (QED) is 0.426. The van der Waals surface area contributed by atoms with E-state index in [-0.39, 0.29) is 5.91 Å². The van der Waals surface area contributed by atoms with Crippen LogP contribution in [0.1, 0.15) is 23.3 Å². The van der Waals surface area contributed by atoms with Gasteiger partial charge >= 0.3 is 0 Å². The van der Waals surface area contributed by atoms with Crippen LogP contribution in [0.3, 0.4) is 0 Å². The summed E-state index contributed by atoms with van der Waals surface area (Å²) in [6.07, 6.45) is 6.57. The van der Waals surface area contributed by atoms with Gasteiger partial charge in [0.05, 0.1) is 18.3 Å². The van der Waals surface area contributed by atoms with Crippen LogP contribution in [0.2, 0.25) is 5.02 Å². The van der Waals surface area contributed by atoms with Crippen molar-refractivity contribution in [2.45, 2.75) is 25.9 Å². The number of aromatic nitrogens is 3. The van der Waals surface area contributed by atoms with Gasteiger partial charge in [-0.25, -0.2) is 0 Å². The maximum Gasteiger partial charge on any atom is 0.274 e. The minimum absolute atomic E-state index is 0.0314. The molecule has 0 bridgehead atoms. The normalized spacial score (nSPS) is 16.6. The number of hydrogen-bond acceptors (Lipinski definition) is 3. The third kappa shape index (κ3) is 3.83. The van der Waals surface area contributed by atoms with Crippen LogP contribution < -0.4 is 4.90 Å². The molecule has 168 valence electrons. The Balaban J connectivity index is 1.26. The molecule has 1 saturated heterocycles. The van der Waals surface area contributed by atoms with Gasteiger partial charge in [0.1, 0.15) is 5.69 Å². The average Bonchev–Trinajstić information content (AvgIpc) is 3.58. The minimum Gasteiger partial charge on any atom is -0.341 e. The summed E-state index contributed by atoms with van der Waals surface area (Å²) in [6.45, 7) is 5.67. The van der Waals surface area contributed by atoms with Crippen molar-refractivity contribution in [3.63, 3.8) is 0 Å². The molecular weight excluding hydrogens is 434 g/mol. The van der Waals surface area contributed by atoms with Crippen molar-refractivity contribution >= 4 is 34.1 Å². The van der Waals surface area contributed by atoms with Crippen LogP contribution in [0.15, 0.2) is 60.9 Å². The first-order chi connectivity index (χ1) is 16.2. The standard InChI is InChI=1S/C26H26ClN5O/c27-22-6-3-19(4-7-22)21-15-25-26(33)31(13-12-30(25)18-21)23-8-5-20-17-28-32(24(20)16-23)14-11-29-9-1-2-10-29/h3-8,15-18H,1-2,9-14H2. The molecule has 0 saturated carbocycles. The Morgan fingerprint density at radius 1 is 0.879 bits per heavy atom. The van der Waals surface area contributed by atoms with E-state index in [9.17, 15) is 4.79 Å². The molecule has 0 radical (unpaired) electrons. The lowest BCUT2D eigenvalue weighted by Gasteiger charge is -2.28. The Labute approximate surface area is 198 Å². The van der Waals surface area contributed by atoms with E-state index >= 15 is 0 Å². The molecule has 0 aliphatic carbocycles. The lowest BCUT2D eigenvalue weighted by Crippen LogP contribution is -2.39. The van der Waals surface area contributed by atoms with E-state index in [0.717, 1.165) is 47.4 Å². The number of amides is 1. The summed E-state index contributed by atoms with van der Waals surface area (Å²) in [7, 11) is 0. The van der Waals surface area contributed by atoms with Crippen LogP contribution in [-0.4, -0.2) is 51.3 Å². The van der Waals surface area contributed by atoms with Crippen LogP contribution in [0, 0.1) is 0 Å². The highest BCUT2D eigenvalue weighted by Crippen LogP contribution is 2.30. The molecule has 0 atom stereocenters. The van der Waals surface area contributed by atoms with Crippen LogP contribution in [-0.2, 0) is 13.1 Å². The Morgan fingerprint density at radius 2 is 1.70 bits per heavy atom. The van der Waals surface area contributed by atoms with Crippen LogP contribution in [0.5, 0.6) is 0 Å². The molecule has 2 aromatic heterocycles. The molecule has 0 N–H and O–H groups in total. The van der Waals surface area contributed by atoms with Gasteiger partial charge in [-0.3, -0.25) is 9.48 Å². The van der Waals surface area contributed by atoms with Gasteiger partial charge in [-0.15, -0.1) is 0 Å². The Kier molecular flexibility index (Phi) is 5.19. The number of fused-ring (bicyclic) bond motifs is 2. The zero-order valence-electron chi connectivity index (χ0n) is 18.5. The fraction of sp³-hybridized carbons (Fsp3) is 0.308. The largest absolute Gasteiger partial charge is 0.341 e. The summed E-state index contributed by atoms with van der Waals surface area (Å²) >= 11 is 6.03. The van der Waals surface area contributed by atoms with Crippen molar-refractivity contribution in [1.29, 1.82) is 0 Å². The number of hydrogen-bond donors (Lipinski definition) is 0. The topological polar surface area (TPSA) is 46.3 Å². The lowest BCUT2D eigenvalue weighted by atomic mass is 10.1. The fourth-order valence-electron chi connectivity index (χ4n) is 5.02. The number of likely N-dealkylation sites (tertiary alicyclic amines) is 1. The molecule has 2 aliphatic heterocycles. The molecular formula is C26H26ClN5O. The van der Waals surface area contributed by atoms with E-state index in [1.165, 1.54) is 25.9 Å². The molecule has 6 nitrogen and oxygen atoms in total. The Morgan fingerprint density at radius 3 is 2.52 bits per heavy atom. The first-order valence-corrected chi connectivity index (χ1v) is 12.0. The smallest absolute Gasteiger partial charge is 0.274 e. The summed E-state index contributed by atoms with van der Waals surface area (Å²) in [6, 6.07) is 15.9. The number of anilines is 1. The van der Waals surface area contributed by atoms with Gasteiger partial charge in [0.15, 0.2) is 0 Å². The summed E-state index contributed by atoms with van der Waals surface area (Å²) in [5, 5.41) is 6.43. The Hall–Kier alpha value is -3.09. The molecule has 7 heteroatoms. The highest BCUT2D eigenvalue weighted by atomic mass is 35.5. The number of rotatable bonds is 5. The SMILES string of the molecule is O=C1c2cc(-c3ccc(Cl)cc3)cn2CCN1c1ccc2cnn(CCN3CCCC3)c2c1. The molecule has 0 spiro atoms. The van der Waals surface area contributed by atoms with Crippen molar-refractivity contribution in [2.24, 2.45) is 0 Å². The van der Waals surface area contributed by atoms with Gasteiger partial charge in [-0.1, -0.05) is 23.7 Å². The second kappa shape index (κ2) is 8.36. The van der Waals surface area contributed by atoms with Crippen LogP contribution in [0.25, 0.3) is 22.0 Å². The number of nitrogens with zero attached hydrogens (tertiary/aromatic N) is 5. The van der Waals surface area contributed by atoms with Gasteiger partial charge in [0.25, 0.3) is 5.91 Å². The van der Waals surface area contributed by atoms with Gasteiger partial charge in [-0.2, -0.15) is 5.10 Å². The highest BCUT2D eigenvalue weighted by Gasteiger charge is 2.27. The summed E-state index contributed by atoms with van der Waals surface area (Å²) in [5.41, 5.74) is 4.82. The van der Waals surface area contributed by atoms with E-state index in [0.29, 0.717) is 17.3 Å². The third-order valence-electron chi connectivity index (χ3n) is 6.87. The van der Waals surface area contributed by atoms with Crippen molar-refractivity contribution in [1.82, 2.24) is 19.2 Å². The highest BCUT2D eigenvalue weighted by molar-refractivity contribution is 6.30. The van der Waals surface area contributed by atoms with Crippen molar-refractivity contribution in [2.75, 3.05) is 31.1 Å². The monoisotopic (exact) mass is 459 g/mol. The molecule has 1 fully saturated rings. The predicted octanol–water partition coefficient (Wildman–Crippen LogP) is 4.91. The Bertz CT molecular complexity index is 1320. The minimum atomic E-state index is 0.0314. The van der Waals surface area contributed by atoms with Gasteiger partial charge in [0, 0.05) is 47.5 Å². The van der Waals surface area contributed by atoms with Gasteiger partial charge in [-0.05, 0) is 67.9 Å². The molecule has 1 amide bonds. The summed E-state index contributed by atoms with van der Waals surface area (Å²) in [5.74, 6) is 0.0314. The zero-order chi connectivity index (χ0) is 22.4. The maximum absolute atomic E-state index is 13.4. The summed E-state index contributed by atoms with van der Waals surface area (Å²) in [4.78, 5) is 17.8. The molecule has 4 heterocycles. The second-order valence-electron chi connectivity index (χ2n) is 8.93. The number of halogens is 1. The molecule has 2 aliphatic rings. The van der Waals surface area contributed by atoms with E-state index < -0.39 is 0 Å². The van der Waals surface area contributed by atoms with Crippen LogP contribution in [0.4, 0.5) is 5.69 Å². The van der Waals surface area contributed by atoms with E-state index in [1.54, 1.807) is 0 Å². The average molecular weight is 460 g/mol. The van der Waals surface area contributed by atoms with Crippen molar-refractivity contribution in [3.8, 4) is 11.1 Å². The van der Waals surface area contributed by atoms with Crippen molar-refractivity contribution in [3.05, 3.63) is 71.6 Å². The van der Waals surface area contributed by atoms with E-state index in [1.807, 2.05) is 47.5 Å². The second-order valence-corrected chi connectivity index (χ2v) is 9.37. The number of benzene rings is 2. The van der Waals surface area contributed by atoms with Crippen molar-refractivity contribution < 1.29 is 4.79 Å². The molecule has 33 heavy (non-hydrogen) atoms. The predicted molar refractivity (Wildman–Crippen MR) is 132 cm³/mol. The lowest BCUT2D eigenvalue weighted by molar-refractivity contribution is 0.0965. The first-order valence-electron chi connectivity index (χ1n) is 11.6. The number of carbonyl (C=O) groups is 1. The zero-order valence-corrected chi connectivity index (χ0v) is 19.2.